The second-order valence-corrected chi connectivity index (χ2v) is 4.51. The lowest BCUT2D eigenvalue weighted by Gasteiger charge is -2.28. The van der Waals surface area contributed by atoms with E-state index in [0.717, 1.165) is 32.2 Å². The summed E-state index contributed by atoms with van der Waals surface area (Å²) in [6, 6.07) is 2.47. The van der Waals surface area contributed by atoms with Gasteiger partial charge >= 0.3 is 0 Å². The van der Waals surface area contributed by atoms with Crippen LogP contribution in [0.2, 0.25) is 0 Å². The van der Waals surface area contributed by atoms with Gasteiger partial charge in [0.2, 0.25) is 0 Å². The van der Waals surface area contributed by atoms with E-state index in [2.05, 4.69) is 20.9 Å². The number of hydrogen-bond acceptors (Lipinski definition) is 3. The topological polar surface area (TPSA) is 53.6 Å². The van der Waals surface area contributed by atoms with Crippen molar-refractivity contribution >= 4 is 0 Å². The monoisotopic (exact) mass is 218 g/mol. The largest absolute Gasteiger partial charge is 0.337 e. The van der Waals surface area contributed by atoms with E-state index >= 15 is 0 Å². The van der Waals surface area contributed by atoms with Gasteiger partial charge in [0.1, 0.15) is 5.54 Å². The Kier molecular flexibility index (Phi) is 3.25. The SMILES string of the molecule is CNC1(C#N)CCCC1CCn1ccnc1. The first-order chi connectivity index (χ1) is 7.80. The molecule has 86 valence electrons. The smallest absolute Gasteiger partial charge is 0.109 e. The number of rotatable bonds is 4. The van der Waals surface area contributed by atoms with Gasteiger partial charge in [-0.05, 0) is 32.2 Å². The molecular weight excluding hydrogens is 200 g/mol. The molecule has 0 aromatic carbocycles. The van der Waals surface area contributed by atoms with Crippen LogP contribution in [0.15, 0.2) is 18.7 Å². The zero-order chi connectivity index (χ0) is 11.4. The van der Waals surface area contributed by atoms with E-state index in [1.807, 2.05) is 19.6 Å². The zero-order valence-corrected chi connectivity index (χ0v) is 9.69. The Hall–Kier alpha value is -1.34. The second-order valence-electron chi connectivity index (χ2n) is 4.51. The highest BCUT2D eigenvalue weighted by molar-refractivity contribution is 5.13. The van der Waals surface area contributed by atoms with Crippen LogP contribution in [-0.4, -0.2) is 22.1 Å². The molecule has 1 heterocycles. The standard InChI is InChI=1S/C12H18N4/c1-14-12(9-13)5-2-3-11(12)4-7-16-8-6-15-10-16/h6,8,10-11,14H,2-5,7H2,1H3. The first-order valence-corrected chi connectivity index (χ1v) is 5.86. The third-order valence-electron chi connectivity index (χ3n) is 3.76. The maximum absolute atomic E-state index is 9.31. The summed E-state index contributed by atoms with van der Waals surface area (Å²) in [5.74, 6) is 0.463. The minimum atomic E-state index is -0.291. The van der Waals surface area contributed by atoms with Crippen LogP contribution >= 0.6 is 0 Å². The van der Waals surface area contributed by atoms with Gasteiger partial charge in [0.05, 0.1) is 12.4 Å². The van der Waals surface area contributed by atoms with E-state index in [1.165, 1.54) is 0 Å². The van der Waals surface area contributed by atoms with Gasteiger partial charge in [-0.15, -0.1) is 0 Å². The van der Waals surface area contributed by atoms with Crippen molar-refractivity contribution in [1.82, 2.24) is 14.9 Å². The summed E-state index contributed by atoms with van der Waals surface area (Å²) in [6.45, 7) is 0.954. The maximum atomic E-state index is 9.31. The molecule has 1 aromatic heterocycles. The first kappa shape index (κ1) is 11.2. The van der Waals surface area contributed by atoms with Crippen molar-refractivity contribution in [1.29, 1.82) is 5.26 Å². The van der Waals surface area contributed by atoms with Gasteiger partial charge in [0.15, 0.2) is 0 Å². The van der Waals surface area contributed by atoms with E-state index in [-0.39, 0.29) is 5.54 Å². The number of aromatic nitrogens is 2. The van der Waals surface area contributed by atoms with Crippen molar-refractivity contribution in [3.05, 3.63) is 18.7 Å². The number of imidazole rings is 1. The minimum absolute atomic E-state index is 0.291. The van der Waals surface area contributed by atoms with E-state index in [4.69, 9.17) is 0 Å². The number of aryl methyl sites for hydroxylation is 1. The highest BCUT2D eigenvalue weighted by Crippen LogP contribution is 2.37. The molecule has 2 rings (SSSR count). The van der Waals surface area contributed by atoms with Gasteiger partial charge in [0, 0.05) is 18.9 Å². The lowest BCUT2D eigenvalue weighted by Crippen LogP contribution is -2.45. The first-order valence-electron chi connectivity index (χ1n) is 5.86. The summed E-state index contributed by atoms with van der Waals surface area (Å²) in [7, 11) is 1.90. The highest BCUT2D eigenvalue weighted by Gasteiger charge is 2.41. The van der Waals surface area contributed by atoms with Crippen molar-refractivity contribution in [2.45, 2.75) is 37.8 Å². The van der Waals surface area contributed by atoms with Crippen molar-refractivity contribution in [3.63, 3.8) is 0 Å². The van der Waals surface area contributed by atoms with Crippen molar-refractivity contribution in [3.8, 4) is 6.07 Å². The van der Waals surface area contributed by atoms with Gasteiger partial charge in [-0.1, -0.05) is 6.42 Å². The van der Waals surface area contributed by atoms with Crippen LogP contribution in [0.3, 0.4) is 0 Å². The summed E-state index contributed by atoms with van der Waals surface area (Å²) in [4.78, 5) is 4.03. The molecule has 0 bridgehead atoms. The van der Waals surface area contributed by atoms with Gasteiger partial charge in [0.25, 0.3) is 0 Å². The van der Waals surface area contributed by atoms with E-state index in [0.29, 0.717) is 5.92 Å². The summed E-state index contributed by atoms with van der Waals surface area (Å²) in [6.07, 6.45) is 9.94. The molecule has 1 aliphatic carbocycles. The van der Waals surface area contributed by atoms with Crippen molar-refractivity contribution < 1.29 is 0 Å². The van der Waals surface area contributed by atoms with Crippen LogP contribution < -0.4 is 5.32 Å². The van der Waals surface area contributed by atoms with Gasteiger partial charge < -0.3 is 9.88 Å². The summed E-state index contributed by atoms with van der Waals surface area (Å²) < 4.78 is 2.08. The number of nitrogens with zero attached hydrogens (tertiary/aromatic N) is 3. The molecule has 0 saturated heterocycles. The molecule has 2 atom stereocenters. The van der Waals surface area contributed by atoms with Crippen LogP contribution in [-0.2, 0) is 6.54 Å². The van der Waals surface area contributed by atoms with Gasteiger partial charge in [-0.2, -0.15) is 5.26 Å². The number of hydrogen-bond donors (Lipinski definition) is 1. The molecule has 1 aromatic rings. The summed E-state index contributed by atoms with van der Waals surface area (Å²) in [5.41, 5.74) is -0.291. The minimum Gasteiger partial charge on any atom is -0.337 e. The van der Waals surface area contributed by atoms with E-state index in [9.17, 15) is 5.26 Å². The predicted octanol–water partition coefficient (Wildman–Crippen LogP) is 1.56. The Morgan fingerprint density at radius 2 is 2.56 bits per heavy atom. The van der Waals surface area contributed by atoms with Crippen LogP contribution in [0.5, 0.6) is 0 Å². The quantitative estimate of drug-likeness (QED) is 0.834. The Balaban J connectivity index is 1.97. The Morgan fingerprint density at radius 3 is 3.19 bits per heavy atom. The van der Waals surface area contributed by atoms with Crippen LogP contribution in [0, 0.1) is 17.2 Å². The fourth-order valence-corrected chi connectivity index (χ4v) is 2.72. The van der Waals surface area contributed by atoms with Crippen molar-refractivity contribution in [2.24, 2.45) is 5.92 Å². The Labute approximate surface area is 96.3 Å². The molecule has 0 aliphatic heterocycles. The predicted molar refractivity (Wildman–Crippen MR) is 61.6 cm³/mol. The molecule has 0 radical (unpaired) electrons. The third-order valence-corrected chi connectivity index (χ3v) is 3.76. The van der Waals surface area contributed by atoms with Gasteiger partial charge in [-0.3, -0.25) is 0 Å². The summed E-state index contributed by atoms with van der Waals surface area (Å²) in [5, 5.41) is 12.5. The molecule has 1 fully saturated rings. The maximum Gasteiger partial charge on any atom is 0.109 e. The number of nitrogens with one attached hydrogen (secondary N) is 1. The Bertz CT molecular complexity index is 365. The molecule has 4 nitrogen and oxygen atoms in total. The number of nitriles is 1. The molecule has 1 N–H and O–H groups in total. The molecule has 0 spiro atoms. The van der Waals surface area contributed by atoms with E-state index < -0.39 is 0 Å². The highest BCUT2D eigenvalue weighted by atomic mass is 15.0. The fraction of sp³-hybridized carbons (Fsp3) is 0.667. The lowest BCUT2D eigenvalue weighted by molar-refractivity contribution is 0.307. The van der Waals surface area contributed by atoms with Crippen LogP contribution in [0.1, 0.15) is 25.7 Å². The molecule has 2 unspecified atom stereocenters. The normalized spacial score (nSPS) is 29.1. The lowest BCUT2D eigenvalue weighted by atomic mass is 9.86. The third kappa shape index (κ3) is 1.96. The summed E-state index contributed by atoms with van der Waals surface area (Å²) >= 11 is 0. The molecule has 4 heteroatoms. The average Bonchev–Trinajstić information content (AvgIpc) is 2.96. The molecule has 1 aliphatic rings. The van der Waals surface area contributed by atoms with Gasteiger partial charge in [-0.25, -0.2) is 4.98 Å². The van der Waals surface area contributed by atoms with Crippen LogP contribution in [0.4, 0.5) is 0 Å². The molecule has 0 amide bonds. The zero-order valence-electron chi connectivity index (χ0n) is 9.69. The van der Waals surface area contributed by atoms with E-state index in [1.54, 1.807) is 6.20 Å². The Morgan fingerprint density at radius 1 is 1.69 bits per heavy atom. The molecular formula is C12H18N4. The van der Waals surface area contributed by atoms with Crippen LogP contribution in [0.25, 0.3) is 0 Å². The molecule has 1 saturated carbocycles. The second kappa shape index (κ2) is 4.67. The van der Waals surface area contributed by atoms with Crippen molar-refractivity contribution in [2.75, 3.05) is 7.05 Å². The average molecular weight is 218 g/mol. The molecule has 16 heavy (non-hydrogen) atoms. The fourth-order valence-electron chi connectivity index (χ4n) is 2.72.